The minimum absolute atomic E-state index is 0.0180. The first-order valence-electron chi connectivity index (χ1n) is 6.19. The van der Waals surface area contributed by atoms with E-state index in [9.17, 15) is 13.2 Å². The van der Waals surface area contributed by atoms with Gasteiger partial charge in [-0.15, -0.1) is 11.3 Å². The second-order valence-electron chi connectivity index (χ2n) is 4.94. The fourth-order valence-electron chi connectivity index (χ4n) is 2.26. The number of hydrogen-bond donors (Lipinski definition) is 0. The number of nitrogens with zero attached hydrogens (tertiary/aromatic N) is 2. The van der Waals surface area contributed by atoms with Crippen molar-refractivity contribution < 1.29 is 13.2 Å². The number of sulfonamides is 1. The number of piperidine rings is 1. The maximum atomic E-state index is 12.6. The van der Waals surface area contributed by atoms with E-state index in [2.05, 4.69) is 20.9 Å². The lowest BCUT2D eigenvalue weighted by molar-refractivity contribution is 0.251. The van der Waals surface area contributed by atoms with Gasteiger partial charge in [0.2, 0.25) is 6.08 Å². The molecule has 1 aliphatic rings. The molecule has 0 saturated carbocycles. The van der Waals surface area contributed by atoms with Crippen molar-refractivity contribution >= 4 is 43.4 Å². The van der Waals surface area contributed by atoms with E-state index in [1.54, 1.807) is 12.1 Å². The van der Waals surface area contributed by atoms with E-state index < -0.39 is 10.0 Å². The van der Waals surface area contributed by atoms with Crippen LogP contribution in [-0.2, 0) is 14.8 Å². The first-order chi connectivity index (χ1) is 9.36. The number of carbonyl (C=O) groups excluding carboxylic acids is 1. The van der Waals surface area contributed by atoms with Crippen LogP contribution in [0.15, 0.2) is 19.1 Å². The molecule has 0 bridgehead atoms. The van der Waals surface area contributed by atoms with Crippen molar-refractivity contribution in [1.82, 2.24) is 4.31 Å². The van der Waals surface area contributed by atoms with Crippen LogP contribution in [0.2, 0.25) is 0 Å². The summed E-state index contributed by atoms with van der Waals surface area (Å²) >= 11 is 4.58. The average molecular weight is 379 g/mol. The highest BCUT2D eigenvalue weighted by Crippen LogP contribution is 2.34. The smallest absolute Gasteiger partial charge is 0.211 e. The largest absolute Gasteiger partial charge is 0.252 e. The minimum atomic E-state index is -3.45. The molecule has 1 aliphatic heterocycles. The predicted octanol–water partition coefficient (Wildman–Crippen LogP) is 2.55. The Morgan fingerprint density at radius 2 is 2.25 bits per heavy atom. The molecule has 1 saturated heterocycles. The number of halogens is 1. The molecular formula is C12H15BrN2O3S2. The number of aryl methyl sites for hydroxylation is 1. The van der Waals surface area contributed by atoms with Crippen LogP contribution < -0.4 is 0 Å². The molecule has 2 heterocycles. The summed E-state index contributed by atoms with van der Waals surface area (Å²) in [6.45, 7) is 4.54. The highest BCUT2D eigenvalue weighted by molar-refractivity contribution is 9.11. The minimum Gasteiger partial charge on any atom is -0.211 e. The topological polar surface area (TPSA) is 66.8 Å². The van der Waals surface area contributed by atoms with E-state index in [1.165, 1.54) is 15.6 Å². The summed E-state index contributed by atoms with van der Waals surface area (Å²) in [5, 5.41) is 0. The number of aliphatic imine (C=N–C) groups is 1. The Kier molecular flexibility index (Phi) is 4.81. The average Bonchev–Trinajstić information content (AvgIpc) is 2.73. The third-order valence-electron chi connectivity index (χ3n) is 3.47. The van der Waals surface area contributed by atoms with Crippen molar-refractivity contribution in [2.75, 3.05) is 13.1 Å². The first-order valence-corrected chi connectivity index (χ1v) is 9.24. The van der Waals surface area contributed by atoms with E-state index in [-0.39, 0.29) is 12.0 Å². The van der Waals surface area contributed by atoms with E-state index >= 15 is 0 Å². The Morgan fingerprint density at radius 1 is 1.55 bits per heavy atom. The third kappa shape index (κ3) is 3.04. The van der Waals surface area contributed by atoms with Crippen LogP contribution in [0, 0.1) is 12.8 Å². The monoisotopic (exact) mass is 378 g/mol. The number of hydrogen-bond acceptors (Lipinski definition) is 5. The maximum Gasteiger partial charge on any atom is 0.252 e. The van der Waals surface area contributed by atoms with E-state index in [0.29, 0.717) is 23.7 Å². The summed E-state index contributed by atoms with van der Waals surface area (Å²) in [6, 6.07) is 1.56. The zero-order valence-corrected chi connectivity index (χ0v) is 14.4. The van der Waals surface area contributed by atoms with Crippen molar-refractivity contribution in [2.24, 2.45) is 10.9 Å². The molecule has 5 nitrogen and oxygen atoms in total. The van der Waals surface area contributed by atoms with Crippen LogP contribution in [0.3, 0.4) is 0 Å². The van der Waals surface area contributed by atoms with Gasteiger partial charge in [-0.05, 0) is 46.8 Å². The Hall–Kier alpha value is -0.530. The number of rotatable bonds is 3. The molecule has 20 heavy (non-hydrogen) atoms. The van der Waals surface area contributed by atoms with Gasteiger partial charge in [-0.25, -0.2) is 18.2 Å². The number of isocyanates is 1. The normalized spacial score (nSPS) is 24.4. The lowest BCUT2D eigenvalue weighted by Gasteiger charge is -2.33. The second kappa shape index (κ2) is 6.07. The van der Waals surface area contributed by atoms with Gasteiger partial charge in [0.25, 0.3) is 10.0 Å². The van der Waals surface area contributed by atoms with Crippen molar-refractivity contribution in [3.63, 3.8) is 0 Å². The Morgan fingerprint density at radius 3 is 2.75 bits per heavy atom. The zero-order valence-electron chi connectivity index (χ0n) is 11.2. The SMILES string of the molecule is Cc1cc(S(=O)(=O)N2CCC(N=C=O)C(C)C2)sc1Br. The van der Waals surface area contributed by atoms with Crippen molar-refractivity contribution in [3.05, 3.63) is 15.4 Å². The molecule has 2 atom stereocenters. The molecule has 0 aromatic carbocycles. The Balaban J connectivity index is 2.22. The predicted molar refractivity (Wildman–Crippen MR) is 81.2 cm³/mol. The standard InChI is InChI=1S/C12H15BrN2O3S2/c1-8-5-11(19-12(8)13)20(17,18)15-4-3-10(14-7-16)9(2)6-15/h5,9-10H,3-4,6H2,1-2H3. The van der Waals surface area contributed by atoms with Crippen molar-refractivity contribution in [1.29, 1.82) is 0 Å². The highest BCUT2D eigenvalue weighted by Gasteiger charge is 2.34. The van der Waals surface area contributed by atoms with Crippen LogP contribution in [0.5, 0.6) is 0 Å². The lowest BCUT2D eigenvalue weighted by Crippen LogP contribution is -2.44. The van der Waals surface area contributed by atoms with Gasteiger partial charge in [0.1, 0.15) is 4.21 Å². The molecule has 8 heteroatoms. The highest BCUT2D eigenvalue weighted by atomic mass is 79.9. The van der Waals surface area contributed by atoms with E-state index in [1.807, 2.05) is 13.8 Å². The van der Waals surface area contributed by atoms with Crippen LogP contribution in [0.4, 0.5) is 0 Å². The lowest BCUT2D eigenvalue weighted by atomic mass is 9.96. The van der Waals surface area contributed by atoms with Crippen LogP contribution in [0.1, 0.15) is 18.9 Å². The summed E-state index contributed by atoms with van der Waals surface area (Å²) in [5.41, 5.74) is 0.919. The molecule has 0 aliphatic carbocycles. The van der Waals surface area contributed by atoms with Gasteiger partial charge in [0.05, 0.1) is 9.83 Å². The molecule has 0 radical (unpaired) electrons. The molecule has 1 aromatic rings. The molecule has 0 amide bonds. The Labute approximate surface area is 130 Å². The number of thiophene rings is 1. The van der Waals surface area contributed by atoms with E-state index in [0.717, 1.165) is 9.35 Å². The molecule has 0 spiro atoms. The molecule has 1 aromatic heterocycles. The van der Waals surface area contributed by atoms with Gasteiger partial charge < -0.3 is 0 Å². The van der Waals surface area contributed by atoms with Crippen molar-refractivity contribution in [2.45, 2.75) is 30.5 Å². The van der Waals surface area contributed by atoms with Crippen molar-refractivity contribution in [3.8, 4) is 0 Å². The van der Waals surface area contributed by atoms with Gasteiger partial charge >= 0.3 is 0 Å². The summed E-state index contributed by atoms with van der Waals surface area (Å²) in [5.74, 6) is 0.0180. The van der Waals surface area contributed by atoms with Gasteiger partial charge in [0.15, 0.2) is 0 Å². The summed E-state index contributed by atoms with van der Waals surface area (Å²) in [6.07, 6.45) is 2.12. The third-order valence-corrected chi connectivity index (χ3v) is 7.92. The quantitative estimate of drug-likeness (QED) is 0.599. The second-order valence-corrected chi connectivity index (χ2v) is 9.47. The fourth-order valence-corrected chi connectivity index (χ4v) is 6.20. The fraction of sp³-hybridized carbons (Fsp3) is 0.583. The molecule has 1 fully saturated rings. The van der Waals surface area contributed by atoms with Gasteiger partial charge in [-0.3, -0.25) is 0 Å². The van der Waals surface area contributed by atoms with Gasteiger partial charge in [0, 0.05) is 13.1 Å². The van der Waals surface area contributed by atoms with Gasteiger partial charge in [-0.2, -0.15) is 4.31 Å². The molecule has 0 N–H and O–H groups in total. The molecule has 2 unspecified atom stereocenters. The maximum absolute atomic E-state index is 12.6. The molecule has 110 valence electrons. The summed E-state index contributed by atoms with van der Waals surface area (Å²) in [4.78, 5) is 14.1. The zero-order chi connectivity index (χ0) is 14.9. The molecule has 2 rings (SSSR count). The van der Waals surface area contributed by atoms with E-state index in [4.69, 9.17) is 0 Å². The summed E-state index contributed by atoms with van der Waals surface area (Å²) in [7, 11) is -3.45. The molecular weight excluding hydrogens is 364 g/mol. The summed E-state index contributed by atoms with van der Waals surface area (Å²) < 4.78 is 27.8. The van der Waals surface area contributed by atoms with Crippen LogP contribution >= 0.6 is 27.3 Å². The van der Waals surface area contributed by atoms with Crippen LogP contribution in [-0.4, -0.2) is 37.9 Å². The van der Waals surface area contributed by atoms with Crippen LogP contribution in [0.25, 0.3) is 0 Å². The first kappa shape index (κ1) is 15.9. The Bertz CT molecular complexity index is 630. The van der Waals surface area contributed by atoms with Gasteiger partial charge in [-0.1, -0.05) is 6.92 Å².